The van der Waals surface area contributed by atoms with Crippen LogP contribution in [0.5, 0.6) is 0 Å². The van der Waals surface area contributed by atoms with E-state index >= 15 is 0 Å². The summed E-state index contributed by atoms with van der Waals surface area (Å²) < 4.78 is 0. The van der Waals surface area contributed by atoms with Gasteiger partial charge in [-0.25, -0.2) is 0 Å². The van der Waals surface area contributed by atoms with E-state index in [4.69, 9.17) is 5.73 Å². The summed E-state index contributed by atoms with van der Waals surface area (Å²) >= 11 is 0. The first-order valence-electron chi connectivity index (χ1n) is 9.41. The fourth-order valence-electron chi connectivity index (χ4n) is 3.34. The van der Waals surface area contributed by atoms with Gasteiger partial charge in [-0.2, -0.15) is 0 Å². The van der Waals surface area contributed by atoms with E-state index in [1.54, 1.807) is 0 Å². The molecule has 3 N–H and O–H groups in total. The summed E-state index contributed by atoms with van der Waals surface area (Å²) in [5.41, 5.74) is 5.51. The molecule has 0 spiro atoms. The van der Waals surface area contributed by atoms with Crippen molar-refractivity contribution in [2.45, 2.75) is 110 Å². The summed E-state index contributed by atoms with van der Waals surface area (Å²) in [6.07, 6.45) is 11.5. The van der Waals surface area contributed by atoms with Crippen molar-refractivity contribution in [3.63, 3.8) is 0 Å². The van der Waals surface area contributed by atoms with E-state index in [1.165, 1.54) is 38.5 Å². The highest BCUT2D eigenvalue weighted by Gasteiger charge is 2.35. The summed E-state index contributed by atoms with van der Waals surface area (Å²) in [7, 11) is 0. The van der Waals surface area contributed by atoms with Gasteiger partial charge in [0.1, 0.15) is 0 Å². The third kappa shape index (κ3) is 8.21. The fourth-order valence-corrected chi connectivity index (χ4v) is 3.34. The molecule has 3 unspecified atom stereocenters. The highest BCUT2D eigenvalue weighted by atomic mass is 16.3. The summed E-state index contributed by atoms with van der Waals surface area (Å²) in [6, 6.07) is -0.135. The molecular formula is C19H41NO. The third-order valence-corrected chi connectivity index (χ3v) is 5.22. The molecule has 3 atom stereocenters. The van der Waals surface area contributed by atoms with Crippen LogP contribution in [0.4, 0.5) is 0 Å². The lowest BCUT2D eigenvalue weighted by molar-refractivity contribution is -0.0282. The van der Waals surface area contributed by atoms with Crippen molar-refractivity contribution >= 4 is 0 Å². The zero-order chi connectivity index (χ0) is 16.3. The van der Waals surface area contributed by atoms with Crippen LogP contribution in [0.15, 0.2) is 0 Å². The molecule has 0 saturated heterocycles. The van der Waals surface area contributed by atoms with E-state index in [9.17, 15) is 5.11 Å². The second kappa shape index (κ2) is 11.5. The highest BCUT2D eigenvalue weighted by Crippen LogP contribution is 2.33. The molecule has 0 heterocycles. The lowest BCUT2D eigenvalue weighted by Gasteiger charge is -2.38. The van der Waals surface area contributed by atoms with Crippen molar-refractivity contribution in [3.8, 4) is 0 Å². The zero-order valence-electron chi connectivity index (χ0n) is 15.3. The average Bonchev–Trinajstić information content (AvgIpc) is 2.47. The molecule has 2 nitrogen and oxygen atoms in total. The van der Waals surface area contributed by atoms with Crippen LogP contribution in [-0.2, 0) is 0 Å². The predicted octanol–water partition coefficient (Wildman–Crippen LogP) is 5.28. The second-order valence-corrected chi connectivity index (χ2v) is 7.13. The Morgan fingerprint density at radius 1 is 0.857 bits per heavy atom. The smallest absolute Gasteiger partial charge is 0.0800 e. The number of hydrogen-bond acceptors (Lipinski definition) is 2. The first-order chi connectivity index (χ1) is 9.93. The van der Waals surface area contributed by atoms with Crippen molar-refractivity contribution in [3.05, 3.63) is 0 Å². The first-order valence-corrected chi connectivity index (χ1v) is 9.41. The molecule has 0 rings (SSSR count). The Labute approximate surface area is 133 Å². The monoisotopic (exact) mass is 299 g/mol. The Morgan fingerprint density at radius 2 is 1.24 bits per heavy atom. The van der Waals surface area contributed by atoms with Gasteiger partial charge in [0.2, 0.25) is 0 Å². The lowest BCUT2D eigenvalue weighted by Crippen LogP contribution is -2.48. The molecule has 2 heteroatoms. The molecule has 0 aromatic rings. The number of unbranched alkanes of at least 4 members (excludes halogenated alkanes) is 2. The predicted molar refractivity (Wildman–Crippen MR) is 94.4 cm³/mol. The van der Waals surface area contributed by atoms with Crippen LogP contribution in [-0.4, -0.2) is 16.7 Å². The fraction of sp³-hybridized carbons (Fsp3) is 1.00. The van der Waals surface area contributed by atoms with Crippen LogP contribution < -0.4 is 5.73 Å². The normalized spacial score (nSPS) is 19.0. The number of rotatable bonds is 13. The zero-order valence-corrected chi connectivity index (χ0v) is 15.3. The van der Waals surface area contributed by atoms with Gasteiger partial charge in [0.25, 0.3) is 0 Å². The van der Waals surface area contributed by atoms with Gasteiger partial charge in [0.15, 0.2) is 0 Å². The van der Waals surface area contributed by atoms with Gasteiger partial charge in [0.05, 0.1) is 5.60 Å². The number of nitrogens with two attached hydrogens (primary N) is 1. The van der Waals surface area contributed by atoms with Gasteiger partial charge in [-0.1, -0.05) is 79.1 Å². The van der Waals surface area contributed by atoms with Crippen LogP contribution in [0.25, 0.3) is 0 Å². The van der Waals surface area contributed by atoms with E-state index in [0.717, 1.165) is 25.7 Å². The van der Waals surface area contributed by atoms with Crippen LogP contribution in [0.1, 0.15) is 98.8 Å². The average molecular weight is 300 g/mol. The quantitative estimate of drug-likeness (QED) is 0.486. The minimum Gasteiger partial charge on any atom is -0.388 e. The molecule has 21 heavy (non-hydrogen) atoms. The van der Waals surface area contributed by atoms with Crippen LogP contribution in [0, 0.1) is 11.8 Å². The van der Waals surface area contributed by atoms with E-state index < -0.39 is 5.60 Å². The molecule has 0 amide bonds. The highest BCUT2D eigenvalue weighted by molar-refractivity contribution is 4.90. The van der Waals surface area contributed by atoms with Gasteiger partial charge in [-0.3, -0.25) is 0 Å². The van der Waals surface area contributed by atoms with Crippen LogP contribution in [0.2, 0.25) is 0 Å². The van der Waals surface area contributed by atoms with Gasteiger partial charge in [-0.15, -0.1) is 0 Å². The maximum absolute atomic E-state index is 11.2. The summed E-state index contributed by atoms with van der Waals surface area (Å²) in [6.45, 7) is 11.0. The maximum Gasteiger partial charge on any atom is 0.0800 e. The summed E-state index contributed by atoms with van der Waals surface area (Å²) in [5, 5.41) is 11.2. The van der Waals surface area contributed by atoms with Crippen LogP contribution >= 0.6 is 0 Å². The van der Waals surface area contributed by atoms with E-state index in [-0.39, 0.29) is 6.04 Å². The Hall–Kier alpha value is -0.0800. The Kier molecular flexibility index (Phi) is 11.4. The Bertz CT molecular complexity index is 222. The molecule has 0 aromatic heterocycles. The third-order valence-electron chi connectivity index (χ3n) is 5.22. The van der Waals surface area contributed by atoms with Crippen molar-refractivity contribution in [2.24, 2.45) is 17.6 Å². The maximum atomic E-state index is 11.2. The minimum absolute atomic E-state index is 0.135. The van der Waals surface area contributed by atoms with Gasteiger partial charge >= 0.3 is 0 Å². The number of hydrogen-bond donors (Lipinski definition) is 2. The standard InChI is InChI=1S/C19H41NO/c1-6-10-12-17(8-3)14-19(21,16(5)20)15-18(9-4)13-11-7-2/h16-18,21H,6-15,20H2,1-5H3. The van der Waals surface area contributed by atoms with E-state index in [1.807, 2.05) is 6.92 Å². The molecular weight excluding hydrogens is 258 g/mol. The van der Waals surface area contributed by atoms with Crippen molar-refractivity contribution in [1.29, 1.82) is 0 Å². The first kappa shape index (κ1) is 20.9. The molecule has 0 aromatic carbocycles. The lowest BCUT2D eigenvalue weighted by atomic mass is 9.75. The molecule has 0 aliphatic rings. The Morgan fingerprint density at radius 3 is 1.48 bits per heavy atom. The van der Waals surface area contributed by atoms with Gasteiger partial charge < -0.3 is 10.8 Å². The largest absolute Gasteiger partial charge is 0.388 e. The van der Waals surface area contributed by atoms with E-state index in [0.29, 0.717) is 11.8 Å². The second-order valence-electron chi connectivity index (χ2n) is 7.13. The molecule has 0 radical (unpaired) electrons. The number of aliphatic hydroxyl groups is 1. The van der Waals surface area contributed by atoms with Crippen molar-refractivity contribution in [2.75, 3.05) is 0 Å². The summed E-state index contributed by atoms with van der Waals surface area (Å²) in [4.78, 5) is 0. The van der Waals surface area contributed by atoms with Gasteiger partial charge in [-0.05, 0) is 31.6 Å². The molecule has 0 fully saturated rings. The molecule has 0 aliphatic heterocycles. The SMILES string of the molecule is CCCCC(CC)CC(O)(CC(CC)CCCC)C(C)N. The van der Waals surface area contributed by atoms with Crippen molar-refractivity contribution < 1.29 is 5.11 Å². The van der Waals surface area contributed by atoms with Gasteiger partial charge in [0, 0.05) is 6.04 Å². The molecule has 0 bridgehead atoms. The molecule has 0 aliphatic carbocycles. The molecule has 128 valence electrons. The van der Waals surface area contributed by atoms with E-state index in [2.05, 4.69) is 27.7 Å². The van der Waals surface area contributed by atoms with Crippen molar-refractivity contribution in [1.82, 2.24) is 0 Å². The minimum atomic E-state index is -0.678. The van der Waals surface area contributed by atoms with Crippen LogP contribution in [0.3, 0.4) is 0 Å². The summed E-state index contributed by atoms with van der Waals surface area (Å²) in [5.74, 6) is 1.23. The molecule has 0 saturated carbocycles. The topological polar surface area (TPSA) is 46.2 Å². The Balaban J connectivity index is 4.71.